The van der Waals surface area contributed by atoms with Crippen LogP contribution in [-0.4, -0.2) is 29.0 Å². The first-order valence-corrected chi connectivity index (χ1v) is 12.6. The van der Waals surface area contributed by atoms with E-state index < -0.39 is 46.9 Å². The Bertz CT molecular complexity index is 1410. The molecule has 3 aliphatic rings. The van der Waals surface area contributed by atoms with Crippen LogP contribution in [0, 0.1) is 11.8 Å². The molecule has 2 amide bonds. The number of rotatable bonds is 3. The number of hydrogen-bond acceptors (Lipinski definition) is 5. The van der Waals surface area contributed by atoms with Crippen LogP contribution in [-0.2, 0) is 14.3 Å². The van der Waals surface area contributed by atoms with Gasteiger partial charge in [0.1, 0.15) is 0 Å². The van der Waals surface area contributed by atoms with Crippen molar-refractivity contribution in [1.82, 2.24) is 0 Å². The number of halogens is 1. The summed E-state index contributed by atoms with van der Waals surface area (Å²) in [7, 11) is 0. The van der Waals surface area contributed by atoms with Gasteiger partial charge in [0, 0.05) is 15.6 Å². The van der Waals surface area contributed by atoms with Gasteiger partial charge in [-0.15, -0.1) is 0 Å². The molecule has 0 saturated carbocycles. The summed E-state index contributed by atoms with van der Waals surface area (Å²) >= 11 is 3.37. The number of carbonyl (C=O) groups is 4. The number of fused-ring (bicyclic) bond motifs is 3. The Morgan fingerprint density at radius 2 is 1.39 bits per heavy atom. The molecule has 3 aromatic rings. The van der Waals surface area contributed by atoms with Gasteiger partial charge in [-0.1, -0.05) is 78.3 Å². The molecule has 2 fully saturated rings. The number of ether oxygens (including phenoxy) is 1. The largest absolute Gasteiger partial charge is 0.349 e. The van der Waals surface area contributed by atoms with Crippen LogP contribution in [0.1, 0.15) is 57.7 Å². The molecule has 6 rings (SSSR count). The number of benzene rings is 3. The lowest BCUT2D eigenvalue weighted by molar-refractivity contribution is -0.127. The van der Waals surface area contributed by atoms with Crippen LogP contribution in [0.15, 0.2) is 77.3 Å². The number of amides is 2. The molecular formula is C29H22BrNO5. The highest BCUT2D eigenvalue weighted by Crippen LogP contribution is 2.57. The van der Waals surface area contributed by atoms with Crippen LogP contribution in [0.5, 0.6) is 0 Å². The predicted molar refractivity (Wildman–Crippen MR) is 136 cm³/mol. The number of hydrogen-bond donors (Lipinski definition) is 0. The molecule has 0 aromatic heterocycles. The predicted octanol–water partition coefficient (Wildman–Crippen LogP) is 5.27. The van der Waals surface area contributed by atoms with Crippen LogP contribution < -0.4 is 4.90 Å². The highest BCUT2D eigenvalue weighted by molar-refractivity contribution is 9.10. The molecule has 3 aromatic carbocycles. The summed E-state index contributed by atoms with van der Waals surface area (Å²) in [5.74, 6) is -4.14. The molecule has 0 N–H and O–H groups in total. The quantitative estimate of drug-likeness (QED) is 0.332. The Morgan fingerprint density at radius 1 is 0.806 bits per heavy atom. The third-order valence-corrected chi connectivity index (χ3v) is 8.06. The minimum Gasteiger partial charge on any atom is -0.349 e. The Balaban J connectivity index is 1.52. The third kappa shape index (κ3) is 2.99. The molecule has 36 heavy (non-hydrogen) atoms. The van der Waals surface area contributed by atoms with E-state index in [1.54, 1.807) is 48.5 Å². The van der Waals surface area contributed by atoms with Crippen LogP contribution in [0.4, 0.5) is 5.69 Å². The maximum atomic E-state index is 13.9. The molecular weight excluding hydrogens is 522 g/mol. The Morgan fingerprint density at radius 3 is 1.94 bits per heavy atom. The second kappa shape index (κ2) is 8.05. The summed E-state index contributed by atoms with van der Waals surface area (Å²) in [5, 5.41) is 0. The van der Waals surface area contributed by atoms with E-state index in [1.165, 1.54) is 0 Å². The molecule has 2 heterocycles. The van der Waals surface area contributed by atoms with Crippen molar-refractivity contribution in [2.45, 2.75) is 31.5 Å². The maximum Gasteiger partial charge on any atom is 0.241 e. The molecule has 3 unspecified atom stereocenters. The van der Waals surface area contributed by atoms with Crippen LogP contribution in [0.25, 0.3) is 0 Å². The first-order chi connectivity index (χ1) is 17.3. The van der Waals surface area contributed by atoms with Crippen molar-refractivity contribution in [3.05, 3.63) is 99.5 Å². The van der Waals surface area contributed by atoms with E-state index in [4.69, 9.17) is 4.74 Å². The second-order valence-electron chi connectivity index (χ2n) is 9.79. The molecule has 1 spiro atoms. The normalized spacial score (nSPS) is 24.2. The molecule has 3 atom stereocenters. The van der Waals surface area contributed by atoms with Gasteiger partial charge in [0.25, 0.3) is 0 Å². The molecule has 180 valence electrons. The van der Waals surface area contributed by atoms with Crippen LogP contribution in [0.3, 0.4) is 0 Å². The van der Waals surface area contributed by atoms with Gasteiger partial charge in [-0.2, -0.15) is 0 Å². The Labute approximate surface area is 216 Å². The fourth-order valence-electron chi connectivity index (χ4n) is 5.73. The average Bonchev–Trinajstić information content (AvgIpc) is 3.45. The van der Waals surface area contributed by atoms with Gasteiger partial charge >= 0.3 is 0 Å². The van der Waals surface area contributed by atoms with Gasteiger partial charge in [0.2, 0.25) is 29.0 Å². The highest BCUT2D eigenvalue weighted by atomic mass is 79.9. The molecule has 2 aliphatic heterocycles. The zero-order chi connectivity index (χ0) is 25.4. The lowest BCUT2D eigenvalue weighted by atomic mass is 9.77. The lowest BCUT2D eigenvalue weighted by Gasteiger charge is -2.27. The summed E-state index contributed by atoms with van der Waals surface area (Å²) in [6.45, 7) is 4.16. The summed E-state index contributed by atoms with van der Waals surface area (Å²) in [6, 6.07) is 20.9. The number of nitrogens with zero attached hydrogens (tertiary/aromatic N) is 1. The first-order valence-electron chi connectivity index (χ1n) is 11.9. The smallest absolute Gasteiger partial charge is 0.241 e. The number of Topliss-reactive ketones (excluding diaryl/α,β-unsaturated/α-hetero) is 2. The van der Waals surface area contributed by atoms with Crippen LogP contribution in [0.2, 0.25) is 0 Å². The van der Waals surface area contributed by atoms with Crippen LogP contribution >= 0.6 is 15.9 Å². The van der Waals surface area contributed by atoms with Crippen molar-refractivity contribution >= 4 is 45.0 Å². The second-order valence-corrected chi connectivity index (χ2v) is 10.7. The third-order valence-electron chi connectivity index (χ3n) is 7.54. The molecule has 7 heteroatoms. The van der Waals surface area contributed by atoms with E-state index in [0.29, 0.717) is 17.2 Å². The molecule has 0 radical (unpaired) electrons. The van der Waals surface area contributed by atoms with E-state index in [1.807, 2.05) is 24.3 Å². The molecule has 1 aliphatic carbocycles. The molecule has 0 bridgehead atoms. The molecule has 6 nitrogen and oxygen atoms in total. The zero-order valence-corrected chi connectivity index (χ0v) is 21.2. The summed E-state index contributed by atoms with van der Waals surface area (Å²) in [4.78, 5) is 56.5. The van der Waals surface area contributed by atoms with Crippen molar-refractivity contribution in [3.63, 3.8) is 0 Å². The van der Waals surface area contributed by atoms with Gasteiger partial charge in [0.15, 0.2) is 0 Å². The fraction of sp³-hybridized carbons (Fsp3) is 0.241. The summed E-state index contributed by atoms with van der Waals surface area (Å²) < 4.78 is 7.14. The van der Waals surface area contributed by atoms with Gasteiger partial charge < -0.3 is 4.74 Å². The van der Waals surface area contributed by atoms with Crippen molar-refractivity contribution in [2.24, 2.45) is 11.8 Å². The number of ketones is 2. The standard InChI is InChI=1S/C29H22BrNO5/c1-15(2)16-7-9-17(10-8-16)24-22-23(28(35)31(27(22)34)19-13-11-18(30)12-14-19)29(36-24)25(32)20-5-3-4-6-21(20)26(29)33/h3-15,22-24H,1-2H3. The number of anilines is 1. The van der Waals surface area contributed by atoms with Crippen molar-refractivity contribution in [2.75, 3.05) is 4.90 Å². The van der Waals surface area contributed by atoms with Crippen molar-refractivity contribution < 1.29 is 23.9 Å². The highest BCUT2D eigenvalue weighted by Gasteiger charge is 2.74. The number of carbonyl (C=O) groups excluding carboxylic acids is 4. The Kier molecular flexibility index (Phi) is 5.14. The van der Waals surface area contributed by atoms with Gasteiger partial charge in [-0.3, -0.25) is 19.2 Å². The Hall–Kier alpha value is -3.42. The SMILES string of the molecule is CC(C)c1ccc(C2OC3(C(=O)c4ccccc4C3=O)C3C(=O)N(c4ccc(Br)cc4)C(=O)C23)cc1. The molecule has 2 saturated heterocycles. The fourth-order valence-corrected chi connectivity index (χ4v) is 6.00. The summed E-state index contributed by atoms with van der Waals surface area (Å²) in [6.07, 6.45) is -0.921. The average molecular weight is 544 g/mol. The van der Waals surface area contributed by atoms with E-state index in [9.17, 15) is 19.2 Å². The minimum absolute atomic E-state index is 0.222. The van der Waals surface area contributed by atoms with Gasteiger partial charge in [-0.05, 0) is 41.3 Å². The van der Waals surface area contributed by atoms with E-state index in [0.717, 1.165) is 14.9 Å². The first kappa shape index (κ1) is 23.0. The van der Waals surface area contributed by atoms with Crippen molar-refractivity contribution in [1.29, 1.82) is 0 Å². The van der Waals surface area contributed by atoms with E-state index in [-0.39, 0.29) is 11.1 Å². The number of imide groups is 1. The van der Waals surface area contributed by atoms with E-state index in [2.05, 4.69) is 29.8 Å². The van der Waals surface area contributed by atoms with Crippen molar-refractivity contribution in [3.8, 4) is 0 Å². The zero-order valence-electron chi connectivity index (χ0n) is 19.6. The van der Waals surface area contributed by atoms with E-state index >= 15 is 0 Å². The lowest BCUT2D eigenvalue weighted by Crippen LogP contribution is -2.51. The topological polar surface area (TPSA) is 80.8 Å². The summed E-state index contributed by atoms with van der Waals surface area (Å²) in [5.41, 5.74) is 0.531. The van der Waals surface area contributed by atoms with Gasteiger partial charge in [-0.25, -0.2) is 4.90 Å². The monoisotopic (exact) mass is 543 g/mol. The maximum absolute atomic E-state index is 13.9. The minimum atomic E-state index is -2.06. The van der Waals surface area contributed by atoms with Gasteiger partial charge in [0.05, 0.1) is 23.6 Å².